The van der Waals surface area contributed by atoms with E-state index in [9.17, 15) is 9.18 Å². The number of quaternary nitrogens is 1. The van der Waals surface area contributed by atoms with Crippen molar-refractivity contribution in [1.29, 1.82) is 0 Å². The van der Waals surface area contributed by atoms with Crippen molar-refractivity contribution in [2.75, 3.05) is 13.1 Å². The van der Waals surface area contributed by atoms with Gasteiger partial charge in [-0.1, -0.05) is 12.1 Å². The van der Waals surface area contributed by atoms with Gasteiger partial charge < -0.3 is 10.6 Å². The van der Waals surface area contributed by atoms with Crippen LogP contribution in [-0.4, -0.2) is 19.0 Å². The minimum absolute atomic E-state index is 0.0363. The molecule has 1 atom stereocenters. The van der Waals surface area contributed by atoms with E-state index >= 15 is 0 Å². The SMILES string of the molecule is C[C@H](c1ccc(F)cc1)[NH+]1CCC(C(N)=O)CC1. The topological polar surface area (TPSA) is 47.5 Å². The predicted octanol–water partition coefficient (Wildman–Crippen LogP) is 0.667. The summed E-state index contributed by atoms with van der Waals surface area (Å²) in [5.41, 5.74) is 6.47. The van der Waals surface area contributed by atoms with Gasteiger partial charge in [0.1, 0.15) is 11.9 Å². The summed E-state index contributed by atoms with van der Waals surface area (Å²) in [5, 5.41) is 0. The summed E-state index contributed by atoms with van der Waals surface area (Å²) in [7, 11) is 0. The van der Waals surface area contributed by atoms with Gasteiger partial charge in [-0.15, -0.1) is 0 Å². The van der Waals surface area contributed by atoms with E-state index < -0.39 is 0 Å². The van der Waals surface area contributed by atoms with Gasteiger partial charge in [0.2, 0.25) is 5.91 Å². The number of primary amides is 1. The van der Waals surface area contributed by atoms with Crippen molar-refractivity contribution in [3.63, 3.8) is 0 Å². The Morgan fingerprint density at radius 2 is 1.89 bits per heavy atom. The molecule has 1 aromatic carbocycles. The first-order valence-corrected chi connectivity index (χ1v) is 6.47. The molecule has 1 heterocycles. The third kappa shape index (κ3) is 2.88. The zero-order valence-electron chi connectivity index (χ0n) is 10.7. The molecule has 1 aromatic rings. The average molecular weight is 251 g/mol. The molecule has 1 aliphatic heterocycles. The fourth-order valence-corrected chi connectivity index (χ4v) is 2.69. The van der Waals surface area contributed by atoms with Gasteiger partial charge in [-0.05, 0) is 19.1 Å². The van der Waals surface area contributed by atoms with Crippen LogP contribution in [-0.2, 0) is 4.79 Å². The molecule has 1 fully saturated rings. The number of likely N-dealkylation sites (tertiary alicyclic amines) is 1. The Kier molecular flexibility index (Phi) is 3.97. The van der Waals surface area contributed by atoms with E-state index in [0.717, 1.165) is 31.5 Å². The fourth-order valence-electron chi connectivity index (χ4n) is 2.69. The van der Waals surface area contributed by atoms with Gasteiger partial charge in [-0.25, -0.2) is 4.39 Å². The molecule has 1 saturated heterocycles. The maximum absolute atomic E-state index is 12.9. The lowest BCUT2D eigenvalue weighted by Gasteiger charge is -2.32. The number of amides is 1. The Balaban J connectivity index is 1.97. The van der Waals surface area contributed by atoms with Gasteiger partial charge in [0, 0.05) is 24.3 Å². The zero-order valence-corrected chi connectivity index (χ0v) is 10.7. The molecule has 0 aromatic heterocycles. The summed E-state index contributed by atoms with van der Waals surface area (Å²) in [4.78, 5) is 12.6. The highest BCUT2D eigenvalue weighted by Crippen LogP contribution is 2.14. The lowest BCUT2D eigenvalue weighted by Crippen LogP contribution is -3.13. The Bertz CT molecular complexity index is 410. The Hall–Kier alpha value is -1.42. The standard InChI is InChI=1S/C14H19FN2O/c1-10(11-2-4-13(15)5-3-11)17-8-6-12(7-9-17)14(16)18/h2-5,10,12H,6-9H2,1H3,(H2,16,18)/p+1/t10-/m1/s1. The lowest BCUT2D eigenvalue weighted by atomic mass is 9.94. The van der Waals surface area contributed by atoms with Crippen LogP contribution in [0.3, 0.4) is 0 Å². The van der Waals surface area contributed by atoms with Gasteiger partial charge in [0.05, 0.1) is 13.1 Å². The van der Waals surface area contributed by atoms with E-state index in [4.69, 9.17) is 5.73 Å². The summed E-state index contributed by atoms with van der Waals surface area (Å²) in [6, 6.07) is 7.02. The molecule has 2 rings (SSSR count). The van der Waals surface area contributed by atoms with Crippen LogP contribution in [0.1, 0.15) is 31.4 Å². The van der Waals surface area contributed by atoms with E-state index in [1.54, 1.807) is 0 Å². The number of carbonyl (C=O) groups excluding carboxylic acids is 1. The second-order valence-electron chi connectivity index (χ2n) is 5.11. The number of rotatable bonds is 3. The molecule has 1 amide bonds. The summed E-state index contributed by atoms with van der Waals surface area (Å²) >= 11 is 0. The number of piperidine rings is 1. The largest absolute Gasteiger partial charge is 0.369 e. The molecule has 0 bridgehead atoms. The minimum Gasteiger partial charge on any atom is -0.369 e. The molecule has 18 heavy (non-hydrogen) atoms. The molecule has 4 heteroatoms. The maximum atomic E-state index is 12.9. The molecule has 0 spiro atoms. The van der Waals surface area contributed by atoms with Crippen LogP contribution in [0, 0.1) is 11.7 Å². The van der Waals surface area contributed by atoms with Crippen LogP contribution < -0.4 is 10.6 Å². The van der Waals surface area contributed by atoms with Crippen LogP contribution in [0.25, 0.3) is 0 Å². The maximum Gasteiger partial charge on any atom is 0.220 e. The van der Waals surface area contributed by atoms with E-state index in [0.29, 0.717) is 6.04 Å². The summed E-state index contributed by atoms with van der Waals surface area (Å²) < 4.78 is 12.9. The smallest absolute Gasteiger partial charge is 0.220 e. The summed E-state index contributed by atoms with van der Waals surface area (Å²) in [6.07, 6.45) is 1.71. The molecular weight excluding hydrogens is 231 g/mol. The lowest BCUT2D eigenvalue weighted by molar-refractivity contribution is -0.935. The first-order chi connectivity index (χ1) is 8.58. The second-order valence-corrected chi connectivity index (χ2v) is 5.11. The number of benzene rings is 1. The van der Waals surface area contributed by atoms with Crippen molar-refractivity contribution in [2.24, 2.45) is 11.7 Å². The minimum atomic E-state index is -0.201. The highest BCUT2D eigenvalue weighted by atomic mass is 19.1. The number of halogens is 1. The number of carbonyl (C=O) groups is 1. The van der Waals surface area contributed by atoms with Crippen molar-refractivity contribution in [3.05, 3.63) is 35.6 Å². The Morgan fingerprint density at radius 3 is 2.39 bits per heavy atom. The van der Waals surface area contributed by atoms with Gasteiger partial charge in [-0.3, -0.25) is 4.79 Å². The van der Waals surface area contributed by atoms with E-state index in [1.165, 1.54) is 17.0 Å². The highest BCUT2D eigenvalue weighted by Gasteiger charge is 2.29. The predicted molar refractivity (Wildman–Crippen MR) is 67.4 cm³/mol. The molecule has 3 nitrogen and oxygen atoms in total. The quantitative estimate of drug-likeness (QED) is 0.815. The molecule has 3 N–H and O–H groups in total. The Labute approximate surface area is 107 Å². The molecule has 1 aliphatic rings. The zero-order chi connectivity index (χ0) is 13.1. The molecule has 0 saturated carbocycles. The molecule has 0 unspecified atom stereocenters. The number of hydrogen-bond donors (Lipinski definition) is 2. The van der Waals surface area contributed by atoms with Crippen LogP contribution in [0.4, 0.5) is 4.39 Å². The van der Waals surface area contributed by atoms with Crippen molar-refractivity contribution in [1.82, 2.24) is 0 Å². The van der Waals surface area contributed by atoms with Crippen LogP contribution >= 0.6 is 0 Å². The second kappa shape index (κ2) is 5.48. The van der Waals surface area contributed by atoms with Crippen molar-refractivity contribution >= 4 is 5.91 Å². The molecule has 98 valence electrons. The normalized spacial score (nSPS) is 25.7. The number of hydrogen-bond acceptors (Lipinski definition) is 1. The van der Waals surface area contributed by atoms with Crippen LogP contribution in [0.15, 0.2) is 24.3 Å². The van der Waals surface area contributed by atoms with Gasteiger partial charge in [0.25, 0.3) is 0 Å². The number of nitrogens with one attached hydrogen (secondary N) is 1. The molecule has 0 radical (unpaired) electrons. The fraction of sp³-hybridized carbons (Fsp3) is 0.500. The van der Waals surface area contributed by atoms with Gasteiger partial charge >= 0.3 is 0 Å². The molecule has 0 aliphatic carbocycles. The van der Waals surface area contributed by atoms with Crippen molar-refractivity contribution in [3.8, 4) is 0 Å². The van der Waals surface area contributed by atoms with Crippen molar-refractivity contribution in [2.45, 2.75) is 25.8 Å². The van der Waals surface area contributed by atoms with E-state index in [1.807, 2.05) is 12.1 Å². The van der Waals surface area contributed by atoms with Gasteiger partial charge in [0.15, 0.2) is 0 Å². The monoisotopic (exact) mass is 251 g/mol. The van der Waals surface area contributed by atoms with Gasteiger partial charge in [-0.2, -0.15) is 0 Å². The molecular formula is C14H20FN2O+. The third-order valence-electron chi connectivity index (χ3n) is 4.01. The van der Waals surface area contributed by atoms with E-state index in [-0.39, 0.29) is 17.6 Å². The van der Waals surface area contributed by atoms with Crippen LogP contribution in [0.2, 0.25) is 0 Å². The van der Waals surface area contributed by atoms with Crippen molar-refractivity contribution < 1.29 is 14.1 Å². The summed E-state index contributed by atoms with van der Waals surface area (Å²) in [5.74, 6) is -0.342. The highest BCUT2D eigenvalue weighted by molar-refractivity contribution is 5.76. The first kappa shape index (κ1) is 13.0. The Morgan fingerprint density at radius 1 is 1.33 bits per heavy atom. The number of nitrogens with two attached hydrogens (primary N) is 1. The summed E-state index contributed by atoms with van der Waals surface area (Å²) in [6.45, 7) is 4.05. The first-order valence-electron chi connectivity index (χ1n) is 6.47. The third-order valence-corrected chi connectivity index (χ3v) is 4.01. The average Bonchev–Trinajstić information content (AvgIpc) is 2.39. The van der Waals surface area contributed by atoms with Crippen LogP contribution in [0.5, 0.6) is 0 Å². The van der Waals surface area contributed by atoms with E-state index in [2.05, 4.69) is 6.92 Å².